The highest BCUT2D eigenvalue weighted by molar-refractivity contribution is 5.81. The summed E-state index contributed by atoms with van der Waals surface area (Å²) in [7, 11) is 0. The quantitative estimate of drug-likeness (QED) is 0.827. The fourth-order valence-electron chi connectivity index (χ4n) is 4.11. The molecule has 2 aromatic heterocycles. The highest BCUT2D eigenvalue weighted by Gasteiger charge is 2.34. The summed E-state index contributed by atoms with van der Waals surface area (Å²) in [6.45, 7) is 1.60. The van der Waals surface area contributed by atoms with Crippen LogP contribution in [0.1, 0.15) is 49.4 Å². The molecule has 1 N–H and O–H groups in total. The van der Waals surface area contributed by atoms with E-state index in [9.17, 15) is 22.8 Å². The predicted octanol–water partition coefficient (Wildman–Crippen LogP) is 3.22. The monoisotopic (exact) mass is 409 g/mol. The number of carbonyl (C=O) groups is 1. The number of alkyl halides is 3. The van der Waals surface area contributed by atoms with E-state index in [2.05, 4.69) is 9.97 Å². The fraction of sp³-hybridized carbons (Fsp3) is 0.550. The van der Waals surface area contributed by atoms with Crippen LogP contribution < -0.4 is 5.56 Å². The van der Waals surface area contributed by atoms with Crippen LogP contribution in [0.15, 0.2) is 23.0 Å². The van der Waals surface area contributed by atoms with Gasteiger partial charge in [0.25, 0.3) is 11.5 Å². The number of rotatable bonds is 2. The average Bonchev–Trinajstić information content (AvgIpc) is 2.73. The third-order valence-electron chi connectivity index (χ3n) is 5.64. The van der Waals surface area contributed by atoms with E-state index < -0.39 is 23.5 Å². The number of likely N-dealkylation sites (tertiary alicyclic amines) is 1. The number of hydrogen-bond donors (Lipinski definition) is 1. The smallest absolute Gasteiger partial charge is 0.368 e. The Morgan fingerprint density at radius 1 is 1.21 bits per heavy atom. The van der Waals surface area contributed by atoms with Crippen molar-refractivity contribution in [3.8, 4) is 0 Å². The van der Waals surface area contributed by atoms with Crippen molar-refractivity contribution in [3.63, 3.8) is 0 Å². The maximum absolute atomic E-state index is 13.0. The van der Waals surface area contributed by atoms with Crippen LogP contribution in [0.3, 0.4) is 0 Å². The molecule has 2 saturated heterocycles. The second kappa shape index (κ2) is 7.78. The van der Waals surface area contributed by atoms with Crippen molar-refractivity contribution in [1.82, 2.24) is 14.9 Å². The SMILES string of the molecule is O=C(C1CCCCO1)N1CCCC(c2cc3nc(C(F)(F)F)ccc3c(=O)[nH]2)C1. The molecule has 1 amide bonds. The van der Waals surface area contributed by atoms with Crippen molar-refractivity contribution in [3.05, 3.63) is 39.9 Å². The maximum atomic E-state index is 13.0. The first-order valence-corrected chi connectivity index (χ1v) is 9.84. The van der Waals surface area contributed by atoms with Crippen LogP contribution in [0.25, 0.3) is 10.9 Å². The maximum Gasteiger partial charge on any atom is 0.433 e. The molecule has 2 unspecified atom stereocenters. The van der Waals surface area contributed by atoms with Gasteiger partial charge in [-0.05, 0) is 50.3 Å². The second-order valence-corrected chi connectivity index (χ2v) is 7.66. The van der Waals surface area contributed by atoms with Gasteiger partial charge in [0.1, 0.15) is 11.8 Å². The first kappa shape index (κ1) is 19.9. The number of nitrogens with zero attached hydrogens (tertiary/aromatic N) is 2. The van der Waals surface area contributed by atoms with E-state index in [0.29, 0.717) is 31.8 Å². The number of amides is 1. The molecule has 2 aliphatic rings. The molecule has 0 bridgehead atoms. The highest BCUT2D eigenvalue weighted by atomic mass is 19.4. The van der Waals surface area contributed by atoms with E-state index in [1.165, 1.54) is 6.07 Å². The minimum absolute atomic E-state index is 0.0117. The van der Waals surface area contributed by atoms with E-state index in [1.54, 1.807) is 4.90 Å². The van der Waals surface area contributed by atoms with Gasteiger partial charge in [-0.1, -0.05) is 0 Å². The predicted molar refractivity (Wildman–Crippen MR) is 99.5 cm³/mol. The van der Waals surface area contributed by atoms with E-state index in [-0.39, 0.29) is 22.7 Å². The zero-order chi connectivity index (χ0) is 20.6. The minimum atomic E-state index is -4.58. The summed E-state index contributed by atoms with van der Waals surface area (Å²) in [5.41, 5.74) is -0.983. The number of ether oxygens (including phenoxy) is 1. The molecule has 156 valence electrons. The van der Waals surface area contributed by atoms with Crippen LogP contribution in [-0.2, 0) is 15.7 Å². The summed E-state index contributed by atoms with van der Waals surface area (Å²) in [4.78, 5) is 33.3. The Bertz CT molecular complexity index is 967. The van der Waals surface area contributed by atoms with Crippen molar-refractivity contribution in [2.45, 2.75) is 50.3 Å². The van der Waals surface area contributed by atoms with Gasteiger partial charge in [0.15, 0.2) is 0 Å². The van der Waals surface area contributed by atoms with Crippen LogP contribution in [0, 0.1) is 0 Å². The largest absolute Gasteiger partial charge is 0.433 e. The zero-order valence-electron chi connectivity index (χ0n) is 15.8. The lowest BCUT2D eigenvalue weighted by molar-refractivity contribution is -0.147. The normalized spacial score (nSPS) is 23.3. The number of pyridine rings is 2. The summed E-state index contributed by atoms with van der Waals surface area (Å²) in [6.07, 6.45) is -0.901. The van der Waals surface area contributed by atoms with Crippen LogP contribution >= 0.6 is 0 Å². The lowest BCUT2D eigenvalue weighted by Crippen LogP contribution is -2.46. The lowest BCUT2D eigenvalue weighted by Gasteiger charge is -2.35. The molecule has 4 rings (SSSR count). The molecule has 4 heterocycles. The Balaban J connectivity index is 1.59. The molecule has 0 radical (unpaired) electrons. The summed E-state index contributed by atoms with van der Waals surface area (Å²) in [5.74, 6) is -0.209. The molecule has 0 aromatic carbocycles. The summed E-state index contributed by atoms with van der Waals surface area (Å²) in [5, 5.41) is 0.112. The average molecular weight is 409 g/mol. The minimum Gasteiger partial charge on any atom is -0.368 e. The summed E-state index contributed by atoms with van der Waals surface area (Å²) < 4.78 is 44.5. The Labute approximate surface area is 165 Å². The fourth-order valence-corrected chi connectivity index (χ4v) is 4.11. The number of aromatic amines is 1. The standard InChI is InChI=1S/C20H22F3N3O3/c21-20(22,23)17-7-6-13-15(24-17)10-14(25-18(13)27)12-4-3-8-26(11-12)19(28)16-5-1-2-9-29-16/h6-7,10,12,16H,1-5,8-9,11H2,(H,25,27). The Kier molecular flexibility index (Phi) is 5.33. The van der Waals surface area contributed by atoms with E-state index in [4.69, 9.17) is 4.74 Å². The Morgan fingerprint density at radius 3 is 2.76 bits per heavy atom. The number of nitrogens with one attached hydrogen (secondary N) is 1. The number of fused-ring (bicyclic) bond motifs is 1. The number of aromatic nitrogens is 2. The molecular formula is C20H22F3N3O3. The van der Waals surface area contributed by atoms with E-state index >= 15 is 0 Å². The lowest BCUT2D eigenvalue weighted by atomic mass is 9.93. The van der Waals surface area contributed by atoms with Gasteiger partial charge in [0.2, 0.25) is 0 Å². The van der Waals surface area contributed by atoms with Gasteiger partial charge in [-0.25, -0.2) is 4.98 Å². The third-order valence-corrected chi connectivity index (χ3v) is 5.64. The zero-order valence-corrected chi connectivity index (χ0v) is 15.8. The van der Waals surface area contributed by atoms with Crippen molar-refractivity contribution in [2.24, 2.45) is 0 Å². The van der Waals surface area contributed by atoms with Crippen molar-refractivity contribution in [2.75, 3.05) is 19.7 Å². The Hall–Kier alpha value is -2.42. The molecule has 0 saturated carbocycles. The van der Waals surface area contributed by atoms with Gasteiger partial charge < -0.3 is 14.6 Å². The molecule has 2 aliphatic heterocycles. The molecule has 2 aromatic rings. The van der Waals surface area contributed by atoms with Crippen LogP contribution in [0.5, 0.6) is 0 Å². The van der Waals surface area contributed by atoms with Gasteiger partial charge in [0, 0.05) is 31.3 Å². The third kappa shape index (κ3) is 4.14. The van der Waals surface area contributed by atoms with Crippen LogP contribution in [0.4, 0.5) is 13.2 Å². The van der Waals surface area contributed by atoms with Crippen LogP contribution in [0.2, 0.25) is 0 Å². The molecule has 0 spiro atoms. The number of hydrogen-bond acceptors (Lipinski definition) is 4. The second-order valence-electron chi connectivity index (χ2n) is 7.66. The molecule has 2 fully saturated rings. The summed E-state index contributed by atoms with van der Waals surface area (Å²) in [6, 6.07) is 3.45. The molecular weight excluding hydrogens is 387 g/mol. The van der Waals surface area contributed by atoms with Crippen molar-refractivity contribution >= 4 is 16.8 Å². The van der Waals surface area contributed by atoms with Crippen LogP contribution in [-0.4, -0.2) is 46.6 Å². The van der Waals surface area contributed by atoms with Gasteiger partial charge in [-0.2, -0.15) is 13.2 Å². The van der Waals surface area contributed by atoms with Crippen molar-refractivity contribution in [1.29, 1.82) is 0 Å². The summed E-state index contributed by atoms with van der Waals surface area (Å²) >= 11 is 0. The van der Waals surface area contributed by atoms with E-state index in [1.807, 2.05) is 0 Å². The molecule has 0 aliphatic carbocycles. The van der Waals surface area contributed by atoms with E-state index in [0.717, 1.165) is 37.8 Å². The first-order valence-electron chi connectivity index (χ1n) is 9.84. The van der Waals surface area contributed by atoms with Gasteiger partial charge in [0.05, 0.1) is 10.9 Å². The first-order chi connectivity index (χ1) is 13.8. The molecule has 6 nitrogen and oxygen atoms in total. The molecule has 2 atom stereocenters. The molecule has 29 heavy (non-hydrogen) atoms. The number of carbonyl (C=O) groups excluding carboxylic acids is 1. The Morgan fingerprint density at radius 2 is 2.03 bits per heavy atom. The highest BCUT2D eigenvalue weighted by Crippen LogP contribution is 2.30. The number of H-pyrrole nitrogens is 1. The number of halogens is 3. The molecule has 9 heteroatoms. The van der Waals surface area contributed by atoms with Gasteiger partial charge in [-0.3, -0.25) is 9.59 Å². The number of piperidine rings is 1. The topological polar surface area (TPSA) is 75.3 Å². The van der Waals surface area contributed by atoms with Crippen molar-refractivity contribution < 1.29 is 22.7 Å². The van der Waals surface area contributed by atoms with Gasteiger partial charge >= 0.3 is 6.18 Å². The van der Waals surface area contributed by atoms with Gasteiger partial charge in [-0.15, -0.1) is 0 Å².